The topological polar surface area (TPSA) is 79.3 Å². The molecule has 0 aliphatic carbocycles. The van der Waals surface area contributed by atoms with Crippen molar-refractivity contribution >= 4 is 11.9 Å². The van der Waals surface area contributed by atoms with E-state index in [4.69, 9.17) is 0 Å². The molecule has 0 atom stereocenters. The number of nitrogens with zero attached hydrogens (tertiary/aromatic N) is 1. The average molecular weight is 264 g/mol. The lowest BCUT2D eigenvalue weighted by Crippen LogP contribution is -2.42. The van der Waals surface area contributed by atoms with Gasteiger partial charge in [0.1, 0.15) is 0 Å². The molecular formula is C14H20N2O3. The van der Waals surface area contributed by atoms with E-state index >= 15 is 0 Å². The zero-order valence-electron chi connectivity index (χ0n) is 11.3. The van der Waals surface area contributed by atoms with Crippen molar-refractivity contribution in [3.8, 4) is 0 Å². The van der Waals surface area contributed by atoms with Crippen molar-refractivity contribution in [2.75, 3.05) is 6.54 Å². The fourth-order valence-corrected chi connectivity index (χ4v) is 1.90. The summed E-state index contributed by atoms with van der Waals surface area (Å²) in [6.07, 6.45) is 4.48. The SMILES string of the molecule is CCC(CC)(CNC(=O)Cc1cccnc1)C(=O)O. The van der Waals surface area contributed by atoms with Crippen LogP contribution < -0.4 is 5.32 Å². The maximum Gasteiger partial charge on any atom is 0.311 e. The van der Waals surface area contributed by atoms with E-state index in [1.807, 2.05) is 19.9 Å². The second-order valence-electron chi connectivity index (χ2n) is 4.61. The van der Waals surface area contributed by atoms with Crippen molar-refractivity contribution in [1.29, 1.82) is 0 Å². The van der Waals surface area contributed by atoms with Crippen molar-refractivity contribution in [3.05, 3.63) is 30.1 Å². The number of carboxylic acids is 1. The molecule has 0 saturated carbocycles. The van der Waals surface area contributed by atoms with Gasteiger partial charge in [0.15, 0.2) is 0 Å². The van der Waals surface area contributed by atoms with Crippen molar-refractivity contribution in [1.82, 2.24) is 10.3 Å². The summed E-state index contributed by atoms with van der Waals surface area (Å²) in [5.41, 5.74) is -0.0566. The molecule has 1 amide bonds. The predicted octanol–water partition coefficient (Wildman–Crippen LogP) is 1.63. The van der Waals surface area contributed by atoms with E-state index in [1.54, 1.807) is 18.5 Å². The summed E-state index contributed by atoms with van der Waals surface area (Å²) in [7, 11) is 0. The Labute approximate surface area is 113 Å². The molecule has 0 aliphatic heterocycles. The first-order chi connectivity index (χ1) is 9.04. The number of carbonyl (C=O) groups excluding carboxylic acids is 1. The average Bonchev–Trinajstić information content (AvgIpc) is 2.41. The van der Waals surface area contributed by atoms with Gasteiger partial charge in [-0.15, -0.1) is 0 Å². The van der Waals surface area contributed by atoms with Crippen molar-refractivity contribution in [2.45, 2.75) is 33.1 Å². The maximum absolute atomic E-state index is 11.8. The summed E-state index contributed by atoms with van der Waals surface area (Å²) in [5, 5.41) is 12.0. The molecule has 19 heavy (non-hydrogen) atoms. The zero-order chi connectivity index (χ0) is 14.3. The largest absolute Gasteiger partial charge is 0.481 e. The molecule has 0 aromatic carbocycles. The number of hydrogen-bond donors (Lipinski definition) is 2. The van der Waals surface area contributed by atoms with Gasteiger partial charge in [0.25, 0.3) is 0 Å². The molecule has 1 aromatic rings. The Kier molecular flexibility index (Phi) is 5.48. The molecule has 5 heteroatoms. The highest BCUT2D eigenvalue weighted by atomic mass is 16.4. The number of pyridine rings is 1. The van der Waals surface area contributed by atoms with Gasteiger partial charge < -0.3 is 10.4 Å². The van der Waals surface area contributed by atoms with E-state index in [1.165, 1.54) is 0 Å². The lowest BCUT2D eigenvalue weighted by Gasteiger charge is -2.26. The molecule has 0 unspecified atom stereocenters. The number of rotatable bonds is 7. The van der Waals surface area contributed by atoms with Crippen LogP contribution >= 0.6 is 0 Å². The molecule has 2 N–H and O–H groups in total. The molecule has 0 spiro atoms. The van der Waals surface area contributed by atoms with Gasteiger partial charge in [0.05, 0.1) is 11.8 Å². The van der Waals surface area contributed by atoms with Crippen LogP contribution in [0.25, 0.3) is 0 Å². The van der Waals surface area contributed by atoms with Gasteiger partial charge in [-0.1, -0.05) is 19.9 Å². The smallest absolute Gasteiger partial charge is 0.311 e. The molecule has 0 saturated heterocycles. The highest BCUT2D eigenvalue weighted by Gasteiger charge is 2.34. The van der Waals surface area contributed by atoms with Crippen LogP contribution in [0.4, 0.5) is 0 Å². The maximum atomic E-state index is 11.8. The van der Waals surface area contributed by atoms with Gasteiger partial charge in [0.2, 0.25) is 5.91 Å². The summed E-state index contributed by atoms with van der Waals surface area (Å²) in [6.45, 7) is 3.81. The van der Waals surface area contributed by atoms with Gasteiger partial charge in [-0.05, 0) is 24.5 Å². The molecular weight excluding hydrogens is 244 g/mol. The van der Waals surface area contributed by atoms with Crippen molar-refractivity contribution < 1.29 is 14.7 Å². The summed E-state index contributed by atoms with van der Waals surface area (Å²) < 4.78 is 0. The van der Waals surface area contributed by atoms with E-state index in [0.29, 0.717) is 12.8 Å². The van der Waals surface area contributed by atoms with Crippen LogP contribution in [0.3, 0.4) is 0 Å². The van der Waals surface area contributed by atoms with Gasteiger partial charge in [0, 0.05) is 18.9 Å². The van der Waals surface area contributed by atoms with Crippen molar-refractivity contribution in [3.63, 3.8) is 0 Å². The normalized spacial score (nSPS) is 11.1. The molecule has 104 valence electrons. The van der Waals surface area contributed by atoms with E-state index in [-0.39, 0.29) is 18.9 Å². The third-order valence-corrected chi connectivity index (χ3v) is 3.52. The third kappa shape index (κ3) is 4.05. The predicted molar refractivity (Wildman–Crippen MR) is 71.6 cm³/mol. The summed E-state index contributed by atoms with van der Waals surface area (Å²) in [6, 6.07) is 3.58. The minimum absolute atomic E-state index is 0.161. The summed E-state index contributed by atoms with van der Waals surface area (Å²) >= 11 is 0. The molecule has 1 aromatic heterocycles. The van der Waals surface area contributed by atoms with Gasteiger partial charge in [-0.3, -0.25) is 14.6 Å². The monoisotopic (exact) mass is 264 g/mol. The zero-order valence-corrected chi connectivity index (χ0v) is 11.3. The van der Waals surface area contributed by atoms with E-state index in [0.717, 1.165) is 5.56 Å². The Bertz CT molecular complexity index is 428. The van der Waals surface area contributed by atoms with Gasteiger partial charge >= 0.3 is 5.97 Å². The van der Waals surface area contributed by atoms with Crippen LogP contribution in [-0.4, -0.2) is 28.5 Å². The summed E-state index contributed by atoms with van der Waals surface area (Å²) in [4.78, 5) is 27.0. The lowest BCUT2D eigenvalue weighted by atomic mass is 9.82. The highest BCUT2D eigenvalue weighted by Crippen LogP contribution is 2.25. The minimum Gasteiger partial charge on any atom is -0.481 e. The second kappa shape index (κ2) is 6.87. The third-order valence-electron chi connectivity index (χ3n) is 3.52. The Balaban J connectivity index is 2.56. The van der Waals surface area contributed by atoms with Crippen LogP contribution in [0.1, 0.15) is 32.3 Å². The molecule has 0 aliphatic rings. The molecule has 0 bridgehead atoms. The Hall–Kier alpha value is -1.91. The quantitative estimate of drug-likeness (QED) is 0.784. The fourth-order valence-electron chi connectivity index (χ4n) is 1.90. The number of aliphatic carboxylic acids is 1. The number of carbonyl (C=O) groups is 2. The Morgan fingerprint density at radius 1 is 1.37 bits per heavy atom. The second-order valence-corrected chi connectivity index (χ2v) is 4.61. The summed E-state index contributed by atoms with van der Waals surface area (Å²) in [5.74, 6) is -1.04. The molecule has 0 radical (unpaired) electrons. The first kappa shape index (κ1) is 15.1. The van der Waals surface area contributed by atoms with Crippen LogP contribution in [-0.2, 0) is 16.0 Å². The first-order valence-electron chi connectivity index (χ1n) is 6.43. The molecule has 0 fully saturated rings. The van der Waals surface area contributed by atoms with E-state index < -0.39 is 11.4 Å². The number of hydrogen-bond acceptors (Lipinski definition) is 3. The first-order valence-corrected chi connectivity index (χ1v) is 6.43. The Morgan fingerprint density at radius 2 is 2.05 bits per heavy atom. The molecule has 5 nitrogen and oxygen atoms in total. The number of nitrogens with one attached hydrogen (secondary N) is 1. The number of amides is 1. The standard InChI is InChI=1S/C14H20N2O3/c1-3-14(4-2,13(18)19)10-16-12(17)8-11-6-5-7-15-9-11/h5-7,9H,3-4,8,10H2,1-2H3,(H,16,17)(H,18,19). The molecule has 1 heterocycles. The van der Waals surface area contributed by atoms with Crippen LogP contribution in [0.15, 0.2) is 24.5 Å². The van der Waals surface area contributed by atoms with E-state index in [9.17, 15) is 14.7 Å². The van der Waals surface area contributed by atoms with Crippen LogP contribution in [0.2, 0.25) is 0 Å². The highest BCUT2D eigenvalue weighted by molar-refractivity contribution is 5.80. The molecule has 1 rings (SSSR count). The van der Waals surface area contributed by atoms with E-state index in [2.05, 4.69) is 10.3 Å². The fraction of sp³-hybridized carbons (Fsp3) is 0.500. The lowest BCUT2D eigenvalue weighted by molar-refractivity contribution is -0.149. The number of carboxylic acid groups (broad SMARTS) is 1. The minimum atomic E-state index is -0.870. The van der Waals surface area contributed by atoms with Gasteiger partial charge in [-0.2, -0.15) is 0 Å². The Morgan fingerprint density at radius 3 is 2.53 bits per heavy atom. The van der Waals surface area contributed by atoms with Crippen molar-refractivity contribution in [2.24, 2.45) is 5.41 Å². The van der Waals surface area contributed by atoms with Crippen LogP contribution in [0, 0.1) is 5.41 Å². The van der Waals surface area contributed by atoms with Crippen LogP contribution in [0.5, 0.6) is 0 Å². The van der Waals surface area contributed by atoms with Gasteiger partial charge in [-0.25, -0.2) is 0 Å². The number of aromatic nitrogens is 1.